The summed E-state index contributed by atoms with van der Waals surface area (Å²) in [6, 6.07) is 0. The monoisotopic (exact) mass is 1040 g/mol. The fourth-order valence-corrected chi connectivity index (χ4v) is 15.3. The van der Waals surface area contributed by atoms with E-state index in [-0.39, 0.29) is 54.0 Å². The molecule has 0 aromatic carbocycles. The van der Waals surface area contributed by atoms with E-state index in [2.05, 4.69) is 20.8 Å². The van der Waals surface area contributed by atoms with Crippen molar-refractivity contribution in [3.63, 3.8) is 0 Å². The van der Waals surface area contributed by atoms with E-state index in [0.717, 1.165) is 38.5 Å². The standard InChI is InChI=1S/C50H84O22/c1-20(18-64-44-39(60)37(58)35(56)30(16-51)68-44)8-13-50(63)21(2)32-29(72-50)15-27-25-7-6-23-14-24(9-11-48(23,4)26(25)10-12-49(27,32)5)67-47-43(71-45-38(59)34(55)28(53)19-65-45)41(62)42(31(17-52)69-47)70-46-40(61)36(57)33(54)22(3)66-46/h20-47,51-63H,6-19H2,1-5H3/t20-,21-,22-,23+,24-,25+,26-,27-,28+,29-,30+,31+,32-,33-,34-,35+,36+,37-,38+,39+,40+,41-,42+,43+,44+,45-,46-,47+,48-,49-,50+/m0/s1. The SMILES string of the molecule is C[C@@H](CC[C@@]1(O)O[C@H]2C[C@H]3[C@@H]4CC[C@@H]5C[C@@H](O[C@@H]6O[C@H](CO)[C@@H](O[C@@H]7O[C@@H](C)[C@H](O)[C@@H](O)[C@H]7O)[C@H](O)[C@H]6O[C@@H]6OC[C@@H](O)[C@H](O)[C@H]6O)CC[C@]5(C)[C@H]4CC[C@]3(C)[C@H]2[C@@H]1C)CO[C@@H]1O[C@H](CO)[C@@H](O)[C@H](O)[C@H]1O. The van der Waals surface area contributed by atoms with Gasteiger partial charge in [0.2, 0.25) is 0 Å². The molecular formula is C50H84O22. The van der Waals surface area contributed by atoms with Crippen LogP contribution in [-0.2, 0) is 42.6 Å². The minimum Gasteiger partial charge on any atom is -0.394 e. The molecule has 13 N–H and O–H groups in total. The molecule has 9 fully saturated rings. The first-order valence-electron chi connectivity index (χ1n) is 26.6. The van der Waals surface area contributed by atoms with E-state index in [1.807, 2.05) is 6.92 Å². The Hall–Kier alpha value is -0.880. The smallest absolute Gasteiger partial charge is 0.187 e. The highest BCUT2D eigenvalue weighted by Crippen LogP contribution is 2.71. The molecule has 5 aliphatic heterocycles. The van der Waals surface area contributed by atoms with Crippen LogP contribution in [-0.4, -0.2) is 228 Å². The molecule has 0 amide bonds. The summed E-state index contributed by atoms with van der Waals surface area (Å²) < 4.78 is 54.3. The number of hydrogen-bond acceptors (Lipinski definition) is 22. The molecule has 416 valence electrons. The number of aliphatic hydroxyl groups excluding tert-OH is 12. The van der Waals surface area contributed by atoms with Crippen LogP contribution < -0.4 is 0 Å². The quantitative estimate of drug-likeness (QED) is 0.0815. The van der Waals surface area contributed by atoms with E-state index in [0.29, 0.717) is 49.4 Å². The van der Waals surface area contributed by atoms with E-state index in [1.54, 1.807) is 0 Å². The third-order valence-corrected chi connectivity index (χ3v) is 19.7. The molecule has 31 atom stereocenters. The Labute approximate surface area is 420 Å². The van der Waals surface area contributed by atoms with Crippen molar-refractivity contribution in [3.05, 3.63) is 0 Å². The van der Waals surface area contributed by atoms with E-state index in [1.165, 1.54) is 6.92 Å². The van der Waals surface area contributed by atoms with Crippen LogP contribution >= 0.6 is 0 Å². The molecule has 9 rings (SSSR count). The molecule has 9 aliphatic rings. The average molecular weight is 1040 g/mol. The van der Waals surface area contributed by atoms with E-state index < -0.39 is 136 Å². The van der Waals surface area contributed by atoms with Crippen LogP contribution in [0.15, 0.2) is 0 Å². The second-order valence-electron chi connectivity index (χ2n) is 23.8. The van der Waals surface area contributed by atoms with Crippen molar-refractivity contribution in [2.75, 3.05) is 26.4 Å². The zero-order valence-electron chi connectivity index (χ0n) is 42.1. The summed E-state index contributed by atoms with van der Waals surface area (Å²) in [5.41, 5.74) is -0.0221. The van der Waals surface area contributed by atoms with Crippen molar-refractivity contribution in [1.82, 2.24) is 0 Å². The predicted octanol–water partition coefficient (Wildman–Crippen LogP) is -2.29. The highest BCUT2D eigenvalue weighted by Gasteiger charge is 2.68. The highest BCUT2D eigenvalue weighted by molar-refractivity contribution is 5.15. The molecule has 0 aromatic rings. The lowest BCUT2D eigenvalue weighted by Crippen LogP contribution is -2.66. The zero-order valence-corrected chi connectivity index (χ0v) is 42.1. The first kappa shape index (κ1) is 55.9. The lowest BCUT2D eigenvalue weighted by atomic mass is 9.44. The fourth-order valence-electron chi connectivity index (χ4n) is 15.3. The van der Waals surface area contributed by atoms with Crippen LogP contribution in [0.25, 0.3) is 0 Å². The molecule has 5 saturated heterocycles. The first-order chi connectivity index (χ1) is 34.0. The predicted molar refractivity (Wildman–Crippen MR) is 244 cm³/mol. The van der Waals surface area contributed by atoms with Gasteiger partial charge in [0.25, 0.3) is 0 Å². The van der Waals surface area contributed by atoms with E-state index >= 15 is 0 Å². The second kappa shape index (κ2) is 21.7. The third-order valence-electron chi connectivity index (χ3n) is 19.7. The van der Waals surface area contributed by atoms with Gasteiger partial charge in [0.15, 0.2) is 30.9 Å². The molecule has 4 saturated carbocycles. The van der Waals surface area contributed by atoms with Crippen molar-refractivity contribution >= 4 is 0 Å². The maximum atomic E-state index is 12.1. The summed E-state index contributed by atoms with van der Waals surface area (Å²) in [5.74, 6) is 0.317. The minimum atomic E-state index is -1.73. The largest absolute Gasteiger partial charge is 0.394 e. The Morgan fingerprint density at radius 1 is 0.611 bits per heavy atom. The molecule has 0 spiro atoms. The van der Waals surface area contributed by atoms with Crippen LogP contribution in [0.4, 0.5) is 0 Å². The Kier molecular flexibility index (Phi) is 16.9. The number of aliphatic hydroxyl groups is 13. The third kappa shape index (κ3) is 10.00. The Bertz CT molecular complexity index is 1800. The Morgan fingerprint density at radius 3 is 1.99 bits per heavy atom. The molecule has 0 aromatic heterocycles. The molecule has 22 heteroatoms. The van der Waals surface area contributed by atoms with Gasteiger partial charge >= 0.3 is 0 Å². The van der Waals surface area contributed by atoms with Crippen molar-refractivity contribution in [3.8, 4) is 0 Å². The average Bonchev–Trinajstić information content (AvgIpc) is 3.80. The summed E-state index contributed by atoms with van der Waals surface area (Å²) in [7, 11) is 0. The minimum absolute atomic E-state index is 0.00533. The number of hydrogen-bond donors (Lipinski definition) is 13. The lowest BCUT2D eigenvalue weighted by molar-refractivity contribution is -0.385. The molecule has 72 heavy (non-hydrogen) atoms. The summed E-state index contributed by atoms with van der Waals surface area (Å²) in [5, 5.41) is 138. The van der Waals surface area contributed by atoms with Gasteiger partial charge < -0.3 is 109 Å². The van der Waals surface area contributed by atoms with Gasteiger partial charge in [0.05, 0.1) is 44.7 Å². The molecule has 5 heterocycles. The topological polar surface area (TPSA) is 346 Å². The lowest BCUT2D eigenvalue weighted by Gasteiger charge is -2.61. The summed E-state index contributed by atoms with van der Waals surface area (Å²) in [6.45, 7) is 8.94. The Morgan fingerprint density at radius 2 is 1.26 bits per heavy atom. The van der Waals surface area contributed by atoms with Crippen molar-refractivity contribution in [1.29, 1.82) is 0 Å². The second-order valence-corrected chi connectivity index (χ2v) is 23.8. The van der Waals surface area contributed by atoms with Gasteiger partial charge in [-0.2, -0.15) is 0 Å². The van der Waals surface area contributed by atoms with Crippen LogP contribution in [0.5, 0.6) is 0 Å². The highest BCUT2D eigenvalue weighted by atomic mass is 16.8. The van der Waals surface area contributed by atoms with Crippen LogP contribution in [0.2, 0.25) is 0 Å². The van der Waals surface area contributed by atoms with Crippen LogP contribution in [0.1, 0.15) is 98.8 Å². The number of fused-ring (bicyclic) bond motifs is 7. The normalized spacial score (nSPS) is 56.2. The van der Waals surface area contributed by atoms with Crippen LogP contribution in [0.3, 0.4) is 0 Å². The first-order valence-corrected chi connectivity index (χ1v) is 26.6. The van der Waals surface area contributed by atoms with Crippen molar-refractivity contribution in [2.24, 2.45) is 52.3 Å². The molecule has 0 radical (unpaired) electrons. The van der Waals surface area contributed by atoms with Gasteiger partial charge in [-0.3, -0.25) is 0 Å². The zero-order chi connectivity index (χ0) is 51.9. The fraction of sp³-hybridized carbons (Fsp3) is 1.00. The molecule has 0 bridgehead atoms. The molecule has 4 aliphatic carbocycles. The summed E-state index contributed by atoms with van der Waals surface area (Å²) in [6.07, 6.45) is -19.9. The number of ether oxygens (including phenoxy) is 9. The Balaban J connectivity index is 0.824. The summed E-state index contributed by atoms with van der Waals surface area (Å²) in [4.78, 5) is 0. The van der Waals surface area contributed by atoms with Gasteiger partial charge in [-0.25, -0.2) is 0 Å². The van der Waals surface area contributed by atoms with Gasteiger partial charge in [0.1, 0.15) is 85.5 Å². The van der Waals surface area contributed by atoms with Crippen molar-refractivity contribution < 1.29 is 109 Å². The molecular weight excluding hydrogens is 953 g/mol. The van der Waals surface area contributed by atoms with Crippen LogP contribution in [0, 0.1) is 52.3 Å². The maximum absolute atomic E-state index is 12.1. The van der Waals surface area contributed by atoms with Gasteiger partial charge in [0, 0.05) is 12.3 Å². The van der Waals surface area contributed by atoms with Gasteiger partial charge in [-0.05, 0) is 111 Å². The number of rotatable bonds is 14. The molecule has 22 nitrogen and oxygen atoms in total. The van der Waals surface area contributed by atoms with Gasteiger partial charge in [-0.1, -0.05) is 27.7 Å². The molecule has 0 unspecified atom stereocenters. The van der Waals surface area contributed by atoms with E-state index in [9.17, 15) is 66.4 Å². The maximum Gasteiger partial charge on any atom is 0.187 e. The van der Waals surface area contributed by atoms with E-state index in [4.69, 9.17) is 42.6 Å². The van der Waals surface area contributed by atoms with Gasteiger partial charge in [-0.15, -0.1) is 0 Å². The summed E-state index contributed by atoms with van der Waals surface area (Å²) >= 11 is 0. The van der Waals surface area contributed by atoms with Crippen molar-refractivity contribution in [2.45, 2.75) is 234 Å².